The first-order valence-electron chi connectivity index (χ1n) is 9.05. The van der Waals surface area contributed by atoms with Crippen LogP contribution in [0.25, 0.3) is 0 Å². The molecule has 122 valence electrons. The van der Waals surface area contributed by atoms with Gasteiger partial charge in [-0.2, -0.15) is 0 Å². The highest BCUT2D eigenvalue weighted by Crippen LogP contribution is 2.37. The van der Waals surface area contributed by atoms with E-state index in [1.165, 1.54) is 25.7 Å². The third-order valence-corrected chi connectivity index (χ3v) is 5.45. The lowest BCUT2D eigenvalue weighted by Crippen LogP contribution is -2.50. The number of rotatable bonds is 5. The molecule has 21 heavy (non-hydrogen) atoms. The SMILES string of the molecule is CCCC1NC(C(C)C)C(=O)N1C1CCCCC1C(C)C. The van der Waals surface area contributed by atoms with E-state index < -0.39 is 0 Å². The molecule has 3 nitrogen and oxygen atoms in total. The van der Waals surface area contributed by atoms with E-state index in [1.807, 2.05) is 0 Å². The molecule has 0 aromatic carbocycles. The Morgan fingerprint density at radius 1 is 1.14 bits per heavy atom. The summed E-state index contributed by atoms with van der Waals surface area (Å²) in [4.78, 5) is 15.2. The lowest BCUT2D eigenvalue weighted by Gasteiger charge is -2.42. The topological polar surface area (TPSA) is 32.3 Å². The van der Waals surface area contributed by atoms with Crippen LogP contribution in [0.3, 0.4) is 0 Å². The van der Waals surface area contributed by atoms with Gasteiger partial charge in [-0.15, -0.1) is 0 Å². The Bertz CT molecular complexity index is 353. The fourth-order valence-electron chi connectivity index (χ4n) is 4.30. The van der Waals surface area contributed by atoms with Gasteiger partial charge in [0.05, 0.1) is 12.2 Å². The molecular weight excluding hydrogens is 260 g/mol. The van der Waals surface area contributed by atoms with Gasteiger partial charge in [0.15, 0.2) is 0 Å². The van der Waals surface area contributed by atoms with Crippen molar-refractivity contribution in [2.75, 3.05) is 0 Å². The monoisotopic (exact) mass is 294 g/mol. The largest absolute Gasteiger partial charge is 0.323 e. The maximum absolute atomic E-state index is 13.0. The molecule has 0 bridgehead atoms. The Morgan fingerprint density at radius 3 is 2.38 bits per heavy atom. The molecule has 2 rings (SSSR count). The summed E-state index contributed by atoms with van der Waals surface area (Å²) in [7, 11) is 0. The molecule has 1 aliphatic heterocycles. The predicted molar refractivity (Wildman–Crippen MR) is 87.9 cm³/mol. The molecular formula is C18H34N2O. The number of nitrogens with zero attached hydrogens (tertiary/aromatic N) is 1. The number of carbonyl (C=O) groups is 1. The summed E-state index contributed by atoms with van der Waals surface area (Å²) < 4.78 is 0. The minimum Gasteiger partial charge on any atom is -0.323 e. The molecule has 1 N–H and O–H groups in total. The van der Waals surface area contributed by atoms with E-state index in [0.717, 1.165) is 12.8 Å². The summed E-state index contributed by atoms with van der Waals surface area (Å²) in [6.45, 7) is 11.2. The summed E-state index contributed by atoms with van der Waals surface area (Å²) >= 11 is 0. The van der Waals surface area contributed by atoms with E-state index >= 15 is 0 Å². The number of amides is 1. The van der Waals surface area contributed by atoms with Crippen molar-refractivity contribution < 1.29 is 4.79 Å². The number of hydrogen-bond acceptors (Lipinski definition) is 2. The number of hydrogen-bond donors (Lipinski definition) is 1. The molecule has 1 saturated heterocycles. The fourth-order valence-corrected chi connectivity index (χ4v) is 4.30. The summed E-state index contributed by atoms with van der Waals surface area (Å²) in [5, 5.41) is 3.62. The summed E-state index contributed by atoms with van der Waals surface area (Å²) in [6.07, 6.45) is 7.57. The van der Waals surface area contributed by atoms with Gasteiger partial charge in [-0.05, 0) is 37.0 Å². The number of carbonyl (C=O) groups excluding carboxylic acids is 1. The maximum Gasteiger partial charge on any atom is 0.241 e. The Kier molecular flexibility index (Phi) is 5.70. The number of nitrogens with one attached hydrogen (secondary N) is 1. The van der Waals surface area contributed by atoms with Crippen LogP contribution in [0.15, 0.2) is 0 Å². The highest BCUT2D eigenvalue weighted by atomic mass is 16.2. The van der Waals surface area contributed by atoms with Crippen LogP contribution in [-0.4, -0.2) is 29.1 Å². The van der Waals surface area contributed by atoms with Crippen LogP contribution < -0.4 is 5.32 Å². The summed E-state index contributed by atoms with van der Waals surface area (Å²) in [5.41, 5.74) is 0. The van der Waals surface area contributed by atoms with Crippen LogP contribution in [0.4, 0.5) is 0 Å². The molecule has 0 spiro atoms. The first-order chi connectivity index (χ1) is 9.97. The highest BCUT2D eigenvalue weighted by Gasteiger charge is 2.45. The van der Waals surface area contributed by atoms with Crippen molar-refractivity contribution in [3.05, 3.63) is 0 Å². The zero-order chi connectivity index (χ0) is 15.6. The first-order valence-corrected chi connectivity index (χ1v) is 9.05. The van der Waals surface area contributed by atoms with E-state index in [-0.39, 0.29) is 12.2 Å². The average Bonchev–Trinajstić information content (AvgIpc) is 2.76. The van der Waals surface area contributed by atoms with E-state index in [1.54, 1.807) is 0 Å². The second kappa shape index (κ2) is 7.13. The molecule has 0 aromatic rings. The Morgan fingerprint density at radius 2 is 1.81 bits per heavy atom. The van der Waals surface area contributed by atoms with Crippen molar-refractivity contribution >= 4 is 5.91 Å². The quantitative estimate of drug-likeness (QED) is 0.837. The average molecular weight is 294 g/mol. The van der Waals surface area contributed by atoms with Crippen LogP contribution in [-0.2, 0) is 4.79 Å². The molecule has 1 amide bonds. The van der Waals surface area contributed by atoms with Crippen LogP contribution >= 0.6 is 0 Å². The van der Waals surface area contributed by atoms with Gasteiger partial charge < -0.3 is 4.90 Å². The van der Waals surface area contributed by atoms with Crippen LogP contribution in [0.5, 0.6) is 0 Å². The van der Waals surface area contributed by atoms with Crippen molar-refractivity contribution in [3.63, 3.8) is 0 Å². The fraction of sp³-hybridized carbons (Fsp3) is 0.944. The second-order valence-electron chi connectivity index (χ2n) is 7.70. The lowest BCUT2D eigenvalue weighted by atomic mass is 9.77. The van der Waals surface area contributed by atoms with Crippen molar-refractivity contribution in [1.82, 2.24) is 10.2 Å². The lowest BCUT2D eigenvalue weighted by molar-refractivity contribution is -0.135. The Balaban J connectivity index is 2.22. The van der Waals surface area contributed by atoms with Gasteiger partial charge in [0.25, 0.3) is 0 Å². The van der Waals surface area contributed by atoms with Crippen LogP contribution in [0.2, 0.25) is 0 Å². The summed E-state index contributed by atoms with van der Waals surface area (Å²) in [6, 6.07) is 0.482. The third kappa shape index (κ3) is 3.44. The molecule has 1 aliphatic carbocycles. The van der Waals surface area contributed by atoms with Crippen molar-refractivity contribution in [3.8, 4) is 0 Å². The van der Waals surface area contributed by atoms with Crippen LogP contribution in [0.1, 0.15) is 73.1 Å². The Labute approximate surface area is 130 Å². The summed E-state index contributed by atoms with van der Waals surface area (Å²) in [5.74, 6) is 2.09. The second-order valence-corrected chi connectivity index (χ2v) is 7.70. The first kappa shape index (κ1) is 16.8. The normalized spacial score (nSPS) is 34.2. The van der Waals surface area contributed by atoms with E-state index in [9.17, 15) is 4.79 Å². The van der Waals surface area contributed by atoms with Crippen molar-refractivity contribution in [1.29, 1.82) is 0 Å². The molecule has 2 fully saturated rings. The van der Waals surface area contributed by atoms with E-state index in [0.29, 0.717) is 29.7 Å². The molecule has 4 unspecified atom stereocenters. The van der Waals surface area contributed by atoms with Gasteiger partial charge in [0, 0.05) is 6.04 Å². The molecule has 4 atom stereocenters. The smallest absolute Gasteiger partial charge is 0.241 e. The van der Waals surface area contributed by atoms with Gasteiger partial charge in [-0.3, -0.25) is 10.1 Å². The molecule has 0 aromatic heterocycles. The zero-order valence-electron chi connectivity index (χ0n) is 14.6. The van der Waals surface area contributed by atoms with Gasteiger partial charge in [0.2, 0.25) is 5.91 Å². The van der Waals surface area contributed by atoms with Crippen molar-refractivity contribution in [2.24, 2.45) is 17.8 Å². The molecule has 3 heteroatoms. The van der Waals surface area contributed by atoms with E-state index in [2.05, 4.69) is 44.8 Å². The maximum atomic E-state index is 13.0. The highest BCUT2D eigenvalue weighted by molar-refractivity contribution is 5.85. The van der Waals surface area contributed by atoms with Crippen molar-refractivity contribution in [2.45, 2.75) is 91.4 Å². The van der Waals surface area contributed by atoms with Gasteiger partial charge >= 0.3 is 0 Å². The van der Waals surface area contributed by atoms with Gasteiger partial charge in [0.1, 0.15) is 0 Å². The molecule has 1 heterocycles. The standard InChI is InChI=1S/C18H34N2O/c1-6-9-16-19-17(13(4)5)18(21)20(16)15-11-8-7-10-14(15)12(2)3/h12-17,19H,6-11H2,1-5H3. The minimum absolute atomic E-state index is 0.0243. The predicted octanol–water partition coefficient (Wildman–Crippen LogP) is 3.78. The third-order valence-electron chi connectivity index (χ3n) is 5.45. The Hall–Kier alpha value is -0.570. The molecule has 0 radical (unpaired) electrons. The zero-order valence-corrected chi connectivity index (χ0v) is 14.6. The van der Waals surface area contributed by atoms with Gasteiger partial charge in [-0.25, -0.2) is 0 Å². The molecule has 1 saturated carbocycles. The van der Waals surface area contributed by atoms with Crippen LogP contribution in [0, 0.1) is 17.8 Å². The van der Waals surface area contributed by atoms with E-state index in [4.69, 9.17) is 0 Å². The van der Waals surface area contributed by atoms with Gasteiger partial charge in [-0.1, -0.05) is 53.9 Å². The minimum atomic E-state index is 0.0243. The molecule has 2 aliphatic rings.